The molecule has 5 N–H and O–H groups in total. The van der Waals surface area contributed by atoms with Crippen molar-refractivity contribution in [2.24, 2.45) is 5.92 Å². The molecule has 1 aliphatic rings. The van der Waals surface area contributed by atoms with Gasteiger partial charge in [0.15, 0.2) is 5.78 Å². The van der Waals surface area contributed by atoms with E-state index < -0.39 is 42.8 Å². The first-order chi connectivity index (χ1) is 23.4. The molecule has 0 saturated carbocycles. The molecule has 2 aromatic carbocycles. The molecule has 1 unspecified atom stereocenters. The summed E-state index contributed by atoms with van der Waals surface area (Å²) >= 11 is 0. The number of aryl methyl sites for hydroxylation is 1. The molecule has 15 nitrogen and oxygen atoms in total. The van der Waals surface area contributed by atoms with Crippen LogP contribution in [0.4, 0.5) is 5.69 Å². The van der Waals surface area contributed by atoms with Gasteiger partial charge in [-0.15, -0.1) is 0 Å². The highest BCUT2D eigenvalue weighted by molar-refractivity contribution is 6.20. The van der Waals surface area contributed by atoms with Gasteiger partial charge in [0.25, 0.3) is 0 Å². The first kappa shape index (κ1) is 38.0. The molecule has 262 valence electrons. The summed E-state index contributed by atoms with van der Waals surface area (Å²) in [6, 6.07) is 14.9. The number of imide groups is 1. The van der Waals surface area contributed by atoms with E-state index in [9.17, 15) is 38.4 Å². The van der Waals surface area contributed by atoms with Crippen molar-refractivity contribution in [3.05, 3.63) is 65.7 Å². The number of amides is 7. The maximum Gasteiger partial charge on any atom is 0.243 e. The zero-order valence-electron chi connectivity index (χ0n) is 27.5. The smallest absolute Gasteiger partial charge is 0.243 e. The van der Waals surface area contributed by atoms with Gasteiger partial charge in [0.05, 0.1) is 25.3 Å². The third-order valence-corrected chi connectivity index (χ3v) is 7.34. The lowest BCUT2D eigenvalue weighted by Gasteiger charge is -2.19. The summed E-state index contributed by atoms with van der Waals surface area (Å²) in [6.45, 7) is 1.47. The summed E-state index contributed by atoms with van der Waals surface area (Å²) in [5.41, 5.74) is 2.11. The average Bonchev–Trinajstić information content (AvgIpc) is 3.33. The van der Waals surface area contributed by atoms with Crippen LogP contribution in [0, 0.1) is 5.92 Å². The maximum absolute atomic E-state index is 12.9. The number of rotatable bonds is 19. The van der Waals surface area contributed by atoms with E-state index in [0.29, 0.717) is 18.5 Å². The zero-order valence-corrected chi connectivity index (χ0v) is 27.5. The highest BCUT2D eigenvalue weighted by Crippen LogP contribution is 2.27. The van der Waals surface area contributed by atoms with Crippen LogP contribution in [0.2, 0.25) is 0 Å². The SMILES string of the molecule is CC(=O)COCNC(=O)CNC(=O)[C@H](Cc1ccccc1)NC(=O)CNC(=O)CNC(=O)CCCc1cccc(N2C(=O)CC(C)C2=O)c1. The third kappa shape index (κ3) is 13.3. The Labute approximate surface area is 283 Å². The van der Waals surface area contributed by atoms with Crippen LogP contribution in [-0.4, -0.2) is 86.1 Å². The van der Waals surface area contributed by atoms with E-state index in [0.717, 1.165) is 11.1 Å². The topological polar surface area (TPSA) is 209 Å². The Morgan fingerprint density at radius 3 is 2.16 bits per heavy atom. The Hall–Kier alpha value is -5.44. The van der Waals surface area contributed by atoms with Crippen LogP contribution in [0.3, 0.4) is 0 Å². The number of ketones is 1. The Balaban J connectivity index is 1.39. The van der Waals surface area contributed by atoms with Crippen molar-refractivity contribution >= 4 is 52.8 Å². The predicted octanol–water partition coefficient (Wildman–Crippen LogP) is -0.336. The van der Waals surface area contributed by atoms with Crippen molar-refractivity contribution in [2.45, 2.75) is 52.0 Å². The minimum Gasteiger partial charge on any atom is -0.354 e. The molecule has 1 aliphatic heterocycles. The second-order valence-electron chi connectivity index (χ2n) is 11.6. The van der Waals surface area contributed by atoms with Crippen LogP contribution >= 0.6 is 0 Å². The van der Waals surface area contributed by atoms with Gasteiger partial charge in [-0.1, -0.05) is 49.4 Å². The molecule has 0 radical (unpaired) electrons. The molecule has 1 saturated heterocycles. The Morgan fingerprint density at radius 1 is 0.816 bits per heavy atom. The fraction of sp³-hybridized carbons (Fsp3) is 0.412. The van der Waals surface area contributed by atoms with E-state index in [4.69, 9.17) is 4.74 Å². The lowest BCUT2D eigenvalue weighted by atomic mass is 10.1. The minimum atomic E-state index is -1.06. The number of hydrogen-bond acceptors (Lipinski definition) is 9. The van der Waals surface area contributed by atoms with Crippen molar-refractivity contribution in [2.75, 3.05) is 37.9 Å². The van der Waals surface area contributed by atoms with Gasteiger partial charge in [-0.3, -0.25) is 43.3 Å². The standard InChI is InChI=1S/C34H42N6O9/c1-22-14-32(46)40(34(22)48)26-12-6-10-24(15-26)11-7-13-28(42)35-17-29(43)36-19-31(45)39-27(16-25-8-4-3-5-9-25)33(47)37-18-30(44)38-21-49-20-23(2)41/h3-6,8-10,12,15,22,27H,7,11,13-14,16-21H2,1-2H3,(H,35,42)(H,36,43)(H,37,47)(H,38,44)(H,39,45)/t22?,27-/m0/s1. The highest BCUT2D eigenvalue weighted by atomic mass is 16.5. The fourth-order valence-corrected chi connectivity index (χ4v) is 4.85. The molecule has 1 fully saturated rings. The predicted molar refractivity (Wildman–Crippen MR) is 176 cm³/mol. The molecule has 2 atom stereocenters. The van der Waals surface area contributed by atoms with Crippen molar-refractivity contribution < 1.29 is 43.1 Å². The lowest BCUT2D eigenvalue weighted by molar-refractivity contribution is -0.131. The second-order valence-corrected chi connectivity index (χ2v) is 11.6. The summed E-state index contributed by atoms with van der Waals surface area (Å²) in [6.07, 6.45) is 1.38. The van der Waals surface area contributed by atoms with Crippen LogP contribution < -0.4 is 31.5 Å². The molecule has 2 aromatic rings. The van der Waals surface area contributed by atoms with E-state index in [1.54, 1.807) is 55.5 Å². The number of nitrogens with zero attached hydrogens (tertiary/aromatic N) is 1. The van der Waals surface area contributed by atoms with Gasteiger partial charge in [-0.05, 0) is 43.0 Å². The molecule has 0 aliphatic carbocycles. The van der Waals surface area contributed by atoms with Gasteiger partial charge < -0.3 is 31.3 Å². The van der Waals surface area contributed by atoms with E-state index in [1.165, 1.54) is 11.8 Å². The number of anilines is 1. The van der Waals surface area contributed by atoms with Crippen molar-refractivity contribution in [1.82, 2.24) is 26.6 Å². The molecule has 7 amide bonds. The van der Waals surface area contributed by atoms with Crippen LogP contribution in [0.5, 0.6) is 0 Å². The van der Waals surface area contributed by atoms with Gasteiger partial charge in [0.2, 0.25) is 41.4 Å². The van der Waals surface area contributed by atoms with Crippen molar-refractivity contribution in [1.29, 1.82) is 0 Å². The first-order valence-electron chi connectivity index (χ1n) is 15.9. The molecular weight excluding hydrogens is 636 g/mol. The number of carbonyl (C=O) groups excluding carboxylic acids is 8. The monoisotopic (exact) mass is 678 g/mol. The average molecular weight is 679 g/mol. The molecular formula is C34H42N6O9. The van der Waals surface area contributed by atoms with Crippen LogP contribution in [0.15, 0.2) is 54.6 Å². The van der Waals surface area contributed by atoms with Gasteiger partial charge >= 0.3 is 0 Å². The summed E-state index contributed by atoms with van der Waals surface area (Å²) in [5.74, 6) is -3.87. The molecule has 15 heteroatoms. The van der Waals surface area contributed by atoms with Crippen LogP contribution in [0.25, 0.3) is 0 Å². The van der Waals surface area contributed by atoms with Gasteiger partial charge in [0, 0.05) is 25.2 Å². The quantitative estimate of drug-likeness (QED) is 0.0747. The molecule has 49 heavy (non-hydrogen) atoms. The van der Waals surface area contributed by atoms with Crippen LogP contribution in [0.1, 0.15) is 44.2 Å². The van der Waals surface area contributed by atoms with E-state index in [2.05, 4.69) is 26.6 Å². The number of nitrogens with one attached hydrogen (secondary N) is 5. The Kier molecular flexibility index (Phi) is 15.0. The number of Topliss-reactive ketones (excluding diaryl/α,β-unsaturated/α-hetero) is 1. The summed E-state index contributed by atoms with van der Waals surface area (Å²) in [5, 5.41) is 12.3. The first-order valence-corrected chi connectivity index (χ1v) is 15.9. The minimum absolute atomic E-state index is 0.115. The number of benzene rings is 2. The lowest BCUT2D eigenvalue weighted by Crippen LogP contribution is -2.52. The zero-order chi connectivity index (χ0) is 35.8. The number of carbonyl (C=O) groups is 8. The molecule has 0 bridgehead atoms. The number of hydrogen-bond donors (Lipinski definition) is 5. The molecule has 1 heterocycles. The van der Waals surface area contributed by atoms with E-state index in [1.807, 2.05) is 6.07 Å². The fourth-order valence-electron chi connectivity index (χ4n) is 4.85. The largest absolute Gasteiger partial charge is 0.354 e. The van der Waals surface area contributed by atoms with E-state index >= 15 is 0 Å². The number of ether oxygens (including phenoxy) is 1. The highest BCUT2D eigenvalue weighted by Gasteiger charge is 2.36. The summed E-state index contributed by atoms with van der Waals surface area (Å²) in [7, 11) is 0. The van der Waals surface area contributed by atoms with Crippen molar-refractivity contribution in [3.8, 4) is 0 Å². The van der Waals surface area contributed by atoms with Gasteiger partial charge in [-0.2, -0.15) is 0 Å². The molecule has 0 spiro atoms. The van der Waals surface area contributed by atoms with E-state index in [-0.39, 0.29) is 68.6 Å². The summed E-state index contributed by atoms with van der Waals surface area (Å²) in [4.78, 5) is 98.8. The second kappa shape index (κ2) is 19.4. The van der Waals surface area contributed by atoms with Crippen LogP contribution in [-0.2, 0) is 55.9 Å². The van der Waals surface area contributed by atoms with Gasteiger partial charge in [0.1, 0.15) is 19.4 Å². The van der Waals surface area contributed by atoms with Gasteiger partial charge in [-0.25, -0.2) is 0 Å². The molecule has 0 aromatic heterocycles. The third-order valence-electron chi connectivity index (χ3n) is 7.34. The normalized spacial score (nSPS) is 14.5. The Bertz CT molecular complexity index is 1530. The summed E-state index contributed by atoms with van der Waals surface area (Å²) < 4.78 is 4.96. The molecule has 3 rings (SSSR count). The Morgan fingerprint density at radius 2 is 1.47 bits per heavy atom. The van der Waals surface area contributed by atoms with Crippen molar-refractivity contribution in [3.63, 3.8) is 0 Å². The maximum atomic E-state index is 12.9.